The molecule has 1 N–H and O–H groups in total. The van der Waals surface area contributed by atoms with Crippen molar-refractivity contribution < 1.29 is 19.1 Å². The van der Waals surface area contributed by atoms with Gasteiger partial charge >= 0.3 is 6.16 Å². The van der Waals surface area contributed by atoms with Crippen molar-refractivity contribution in [2.75, 3.05) is 5.32 Å². The predicted molar refractivity (Wildman–Crippen MR) is 124 cm³/mol. The molecule has 1 amide bonds. The smallest absolute Gasteiger partial charge is 0.431 e. The highest BCUT2D eigenvalue weighted by atomic mass is 32.1. The van der Waals surface area contributed by atoms with E-state index >= 15 is 0 Å². The Morgan fingerprint density at radius 2 is 2.15 bits per heavy atom. The van der Waals surface area contributed by atoms with E-state index < -0.39 is 6.16 Å². The first kappa shape index (κ1) is 22.9. The van der Waals surface area contributed by atoms with Crippen LogP contribution < -0.4 is 5.32 Å². The van der Waals surface area contributed by atoms with Gasteiger partial charge in [-0.25, -0.2) is 4.79 Å². The van der Waals surface area contributed by atoms with Crippen LogP contribution in [-0.4, -0.2) is 28.1 Å². The number of hydrogen-bond donors (Lipinski definition) is 1. The van der Waals surface area contributed by atoms with Crippen LogP contribution in [0, 0.1) is 11.3 Å². The molecular formula is C23H22N4O4S2. The van der Waals surface area contributed by atoms with Gasteiger partial charge in [0.25, 0.3) is 0 Å². The van der Waals surface area contributed by atoms with Crippen LogP contribution in [0.1, 0.15) is 52.1 Å². The number of nitrogens with one attached hydrogen (secondary N) is 1. The number of rotatable bonds is 7. The number of carbonyl (C=O) groups excluding carboxylic acids is 2. The fourth-order valence-corrected chi connectivity index (χ4v) is 5.53. The maximum atomic E-state index is 12.6. The zero-order valence-corrected chi connectivity index (χ0v) is 19.6. The summed E-state index contributed by atoms with van der Waals surface area (Å²) < 4.78 is 10.6. The maximum Gasteiger partial charge on any atom is 0.508 e. The second-order valence-electron chi connectivity index (χ2n) is 7.74. The Bertz CT molecular complexity index is 1160. The molecule has 170 valence electrons. The van der Waals surface area contributed by atoms with E-state index in [1.165, 1.54) is 22.7 Å². The largest absolute Gasteiger partial charge is 0.508 e. The van der Waals surface area contributed by atoms with Crippen molar-refractivity contribution >= 4 is 39.7 Å². The third-order valence-electron chi connectivity index (χ3n) is 5.43. The van der Waals surface area contributed by atoms with Crippen molar-refractivity contribution in [2.24, 2.45) is 0 Å². The second-order valence-corrected chi connectivity index (χ2v) is 9.82. The maximum absolute atomic E-state index is 12.6. The summed E-state index contributed by atoms with van der Waals surface area (Å²) in [5, 5.41) is 13.2. The van der Waals surface area contributed by atoms with E-state index in [-0.39, 0.29) is 24.5 Å². The van der Waals surface area contributed by atoms with Gasteiger partial charge in [0.2, 0.25) is 5.91 Å². The van der Waals surface area contributed by atoms with Gasteiger partial charge in [-0.1, -0.05) is 6.92 Å². The molecule has 4 rings (SSSR count). The van der Waals surface area contributed by atoms with Gasteiger partial charge in [-0.3, -0.25) is 14.8 Å². The van der Waals surface area contributed by atoms with Gasteiger partial charge < -0.3 is 14.8 Å². The minimum Gasteiger partial charge on any atom is -0.431 e. The molecule has 8 nitrogen and oxygen atoms in total. The number of carbonyl (C=O) groups is 2. The molecule has 10 heteroatoms. The molecule has 1 aliphatic carbocycles. The summed E-state index contributed by atoms with van der Waals surface area (Å²) in [6.45, 7) is 2.11. The lowest BCUT2D eigenvalue weighted by Crippen LogP contribution is -2.25. The van der Waals surface area contributed by atoms with Gasteiger partial charge in [0.05, 0.1) is 16.0 Å². The van der Waals surface area contributed by atoms with E-state index in [1.807, 2.05) is 19.1 Å². The molecule has 0 radical (unpaired) electrons. The van der Waals surface area contributed by atoms with Crippen LogP contribution in [-0.2, 0) is 33.7 Å². The van der Waals surface area contributed by atoms with E-state index in [4.69, 9.17) is 9.47 Å². The molecule has 3 heterocycles. The lowest BCUT2D eigenvalue weighted by Gasteiger charge is -2.21. The molecule has 0 saturated carbocycles. The van der Waals surface area contributed by atoms with Crippen LogP contribution in [0.2, 0.25) is 0 Å². The Morgan fingerprint density at radius 1 is 1.33 bits per heavy atom. The van der Waals surface area contributed by atoms with Crippen LogP contribution in [0.25, 0.3) is 0 Å². The minimum atomic E-state index is -0.715. The normalized spacial score (nSPS) is 15.7. The molecule has 2 atom stereocenters. The minimum absolute atomic E-state index is 0.0295. The van der Waals surface area contributed by atoms with Crippen molar-refractivity contribution in [3.63, 3.8) is 0 Å². The van der Waals surface area contributed by atoms with Crippen LogP contribution in [0.5, 0.6) is 0 Å². The third kappa shape index (κ3) is 5.74. The lowest BCUT2D eigenvalue weighted by molar-refractivity contribution is -0.116. The summed E-state index contributed by atoms with van der Waals surface area (Å²) in [7, 11) is 0. The number of thiazole rings is 1. The summed E-state index contributed by atoms with van der Waals surface area (Å²) in [4.78, 5) is 34.4. The van der Waals surface area contributed by atoms with Gasteiger partial charge in [-0.05, 0) is 42.0 Å². The lowest BCUT2D eigenvalue weighted by atomic mass is 9.93. The van der Waals surface area contributed by atoms with Gasteiger partial charge in [0.15, 0.2) is 0 Å². The van der Waals surface area contributed by atoms with E-state index in [0.717, 1.165) is 20.9 Å². The number of fused-ring (bicyclic) bond motifs is 1. The molecule has 1 aliphatic rings. The van der Waals surface area contributed by atoms with E-state index in [1.54, 1.807) is 24.1 Å². The topological polar surface area (TPSA) is 114 Å². The van der Waals surface area contributed by atoms with Gasteiger partial charge in [0, 0.05) is 36.3 Å². The molecule has 3 aromatic heterocycles. The predicted octanol–water partition coefficient (Wildman–Crippen LogP) is 4.81. The highest BCUT2D eigenvalue weighted by molar-refractivity contribution is 7.16. The Morgan fingerprint density at radius 3 is 2.88 bits per heavy atom. The first-order valence-corrected chi connectivity index (χ1v) is 12.2. The third-order valence-corrected chi connectivity index (χ3v) is 7.35. The average molecular weight is 483 g/mol. The Hall–Kier alpha value is -3.29. The van der Waals surface area contributed by atoms with Gasteiger partial charge in [0.1, 0.15) is 23.8 Å². The number of amides is 1. The highest BCUT2D eigenvalue weighted by Crippen LogP contribution is 2.38. The number of thiophene rings is 1. The molecule has 0 fully saturated rings. The molecule has 3 aromatic rings. The van der Waals surface area contributed by atoms with E-state index in [2.05, 4.69) is 21.4 Å². The molecule has 0 saturated heterocycles. The molecular weight excluding hydrogens is 460 g/mol. The zero-order chi connectivity index (χ0) is 23.2. The monoisotopic (exact) mass is 482 g/mol. The summed E-state index contributed by atoms with van der Waals surface area (Å²) in [5.74, 6) is -0.115. The Kier molecular flexibility index (Phi) is 7.32. The Labute approximate surface area is 199 Å². The quantitative estimate of drug-likeness (QED) is 0.480. The van der Waals surface area contributed by atoms with Crippen molar-refractivity contribution in [1.29, 1.82) is 5.26 Å². The fourth-order valence-electron chi connectivity index (χ4n) is 3.74. The van der Waals surface area contributed by atoms with Crippen LogP contribution in [0.3, 0.4) is 0 Å². The first-order chi connectivity index (χ1) is 16.0. The van der Waals surface area contributed by atoms with Gasteiger partial charge in [-0.2, -0.15) is 5.26 Å². The summed E-state index contributed by atoms with van der Waals surface area (Å²) in [6.07, 6.45) is 6.01. The number of aromatic nitrogens is 2. The SMILES string of the molecule is CC(CC(=O)Nc1sc2c(c1C#N)CCC(OC(=O)OCc1cncs1)C2)c1ccncc1. The summed E-state index contributed by atoms with van der Waals surface area (Å²) in [6, 6.07) is 6.02. The fraction of sp³-hybridized carbons (Fsp3) is 0.348. The molecule has 0 aromatic carbocycles. The Balaban J connectivity index is 1.35. The number of hydrogen-bond acceptors (Lipinski definition) is 9. The van der Waals surface area contributed by atoms with Gasteiger partial charge in [-0.15, -0.1) is 22.7 Å². The van der Waals surface area contributed by atoms with Crippen LogP contribution >= 0.6 is 22.7 Å². The standard InChI is InChI=1S/C23H22N4O4S2/c1-14(15-4-6-25-7-5-15)8-21(28)27-22-19(10-24)18-3-2-16(9-20(18)33-22)31-23(29)30-12-17-11-26-13-32-17/h4-7,11,13-14,16H,2-3,8-9,12H2,1H3,(H,27,28). The summed E-state index contributed by atoms with van der Waals surface area (Å²) in [5.41, 5.74) is 4.14. The zero-order valence-electron chi connectivity index (χ0n) is 17.9. The van der Waals surface area contributed by atoms with Crippen molar-refractivity contribution in [3.05, 3.63) is 62.7 Å². The van der Waals surface area contributed by atoms with E-state index in [0.29, 0.717) is 36.2 Å². The summed E-state index contributed by atoms with van der Waals surface area (Å²) >= 11 is 2.78. The van der Waals surface area contributed by atoms with Crippen LogP contribution in [0.4, 0.5) is 9.80 Å². The van der Waals surface area contributed by atoms with Crippen molar-refractivity contribution in [3.8, 4) is 6.07 Å². The number of nitriles is 1. The molecule has 0 spiro atoms. The number of ether oxygens (including phenoxy) is 2. The molecule has 0 aliphatic heterocycles. The van der Waals surface area contributed by atoms with Crippen LogP contribution in [0.15, 0.2) is 36.2 Å². The molecule has 0 bridgehead atoms. The highest BCUT2D eigenvalue weighted by Gasteiger charge is 2.29. The van der Waals surface area contributed by atoms with Crippen molar-refractivity contribution in [2.45, 2.75) is 51.2 Å². The number of nitrogens with zero attached hydrogens (tertiary/aromatic N) is 3. The first-order valence-electron chi connectivity index (χ1n) is 10.5. The average Bonchev–Trinajstić information content (AvgIpc) is 3.45. The van der Waals surface area contributed by atoms with E-state index in [9.17, 15) is 14.9 Å². The molecule has 33 heavy (non-hydrogen) atoms. The van der Waals surface area contributed by atoms with Crippen molar-refractivity contribution in [1.82, 2.24) is 9.97 Å². The number of anilines is 1. The second kappa shape index (κ2) is 10.6. The number of pyridine rings is 1. The molecule has 2 unspecified atom stereocenters.